The van der Waals surface area contributed by atoms with E-state index in [2.05, 4.69) is 23.8 Å². The van der Waals surface area contributed by atoms with E-state index in [0.717, 1.165) is 0 Å². The number of carbonyl (C=O) groups excluding carboxylic acids is 1. The van der Waals surface area contributed by atoms with Gasteiger partial charge in [-0.05, 0) is 10.7 Å². The number of imidazole rings is 1. The summed E-state index contributed by atoms with van der Waals surface area (Å²) in [5.41, 5.74) is 11.9. The second-order valence-corrected chi connectivity index (χ2v) is 11.8. The molecular weight excluding hydrogens is 636 g/mol. The molecule has 2 saturated heterocycles. The Balaban J connectivity index is 0.000000208. The highest BCUT2D eigenvalue weighted by Crippen LogP contribution is 2.51. The molecule has 0 bridgehead atoms. The fourth-order valence-electron chi connectivity index (χ4n) is 4.46. The summed E-state index contributed by atoms with van der Waals surface area (Å²) < 4.78 is 42.3. The van der Waals surface area contributed by atoms with E-state index in [0.29, 0.717) is 17.6 Å². The minimum absolute atomic E-state index is 0.218. The summed E-state index contributed by atoms with van der Waals surface area (Å²) in [5, 5.41) is 48.8. The molecule has 0 aliphatic carbocycles. The molecule has 2 aromatic rings. The summed E-state index contributed by atoms with van der Waals surface area (Å²) in [6.45, 7) is -1.09. The zero-order valence-electron chi connectivity index (χ0n) is 22.4. The van der Waals surface area contributed by atoms with Gasteiger partial charge in [-0.25, -0.2) is 19.5 Å². The fourth-order valence-corrected chi connectivity index (χ4v) is 5.69. The van der Waals surface area contributed by atoms with Gasteiger partial charge in [0, 0.05) is 22.5 Å². The number of aromatic nitrogens is 4. The predicted octanol–water partition coefficient (Wildman–Crippen LogP) is -3.17. The third-order valence-electron chi connectivity index (χ3n) is 6.62. The van der Waals surface area contributed by atoms with E-state index in [1.54, 1.807) is 6.08 Å². The van der Waals surface area contributed by atoms with Crippen LogP contribution < -0.4 is 11.5 Å². The first-order valence-corrected chi connectivity index (χ1v) is 15.2. The van der Waals surface area contributed by atoms with Crippen molar-refractivity contribution in [2.45, 2.75) is 55.5 Å². The molecule has 1 amide bonds. The zero-order chi connectivity index (χ0) is 32.3. The Kier molecular flexibility index (Phi) is 10.7. The van der Waals surface area contributed by atoms with Gasteiger partial charge in [0.25, 0.3) is 0 Å². The Labute approximate surface area is 248 Å². The molecule has 2 fully saturated rings. The third-order valence-corrected chi connectivity index (χ3v) is 8.48. The quantitative estimate of drug-likeness (QED) is 0.119. The van der Waals surface area contributed by atoms with Crippen LogP contribution in [0.4, 0.5) is 5.82 Å². The molecule has 21 nitrogen and oxygen atoms in total. The highest BCUT2D eigenvalue weighted by Gasteiger charge is 2.47. The number of allylic oxidation sites excluding steroid dienone is 1. The highest BCUT2D eigenvalue weighted by atomic mass is 31.2. The summed E-state index contributed by atoms with van der Waals surface area (Å²) in [4.78, 5) is 42.1. The number of hydrogen-bond donors (Lipinski definition) is 9. The SMILES string of the molecule is NC(=O)C1=CN([C@@H]2O[C@H](COP(=O)(O)O[P+](=O)O)[C@H](O)[C@H]2O)C=CC1.Nc1ncnc2c1ncn2[C@@H]1O[C@H](CO)[C@H](O)[C@H]1O. The Morgan fingerprint density at radius 3 is 2.39 bits per heavy atom. The number of carbonyl (C=O) groups is 1. The van der Waals surface area contributed by atoms with Crippen molar-refractivity contribution < 1.29 is 67.6 Å². The van der Waals surface area contributed by atoms with Crippen LogP contribution in [0, 0.1) is 0 Å². The van der Waals surface area contributed by atoms with E-state index >= 15 is 0 Å². The van der Waals surface area contributed by atoms with E-state index in [1.807, 2.05) is 0 Å². The average molecular weight is 666 g/mol. The van der Waals surface area contributed by atoms with Crippen molar-refractivity contribution in [1.29, 1.82) is 0 Å². The van der Waals surface area contributed by atoms with Crippen LogP contribution in [0.5, 0.6) is 0 Å². The highest BCUT2D eigenvalue weighted by molar-refractivity contribution is 7.55. The number of aliphatic hydroxyl groups is 5. The number of fused-ring (bicyclic) bond motifs is 1. The van der Waals surface area contributed by atoms with Crippen LogP contribution in [0.2, 0.25) is 0 Å². The van der Waals surface area contributed by atoms with Gasteiger partial charge in [0.05, 0.1) is 19.5 Å². The lowest BCUT2D eigenvalue weighted by molar-refractivity contribution is -0.115. The number of hydrogen-bond acceptors (Lipinski definition) is 17. The number of rotatable bonds is 9. The smallest absolute Gasteiger partial charge is 0.394 e. The third kappa shape index (κ3) is 7.44. The first-order valence-electron chi connectivity index (χ1n) is 12.6. The van der Waals surface area contributed by atoms with Gasteiger partial charge in [-0.2, -0.15) is 0 Å². The van der Waals surface area contributed by atoms with Crippen LogP contribution in [0.15, 0.2) is 36.7 Å². The zero-order valence-corrected chi connectivity index (χ0v) is 24.2. The molecule has 5 heterocycles. The molecule has 2 unspecified atom stereocenters. The number of nitrogen functional groups attached to an aromatic ring is 1. The summed E-state index contributed by atoms with van der Waals surface area (Å²) in [6, 6.07) is 0. The van der Waals surface area contributed by atoms with Crippen molar-refractivity contribution in [3.63, 3.8) is 0 Å². The summed E-state index contributed by atoms with van der Waals surface area (Å²) >= 11 is 0. The van der Waals surface area contributed by atoms with Crippen molar-refractivity contribution in [3.05, 3.63) is 36.7 Å². The molecule has 242 valence electrons. The number of phosphoric acid groups is 1. The molecule has 44 heavy (non-hydrogen) atoms. The van der Waals surface area contributed by atoms with Gasteiger partial charge in [-0.3, -0.25) is 18.8 Å². The second-order valence-electron chi connectivity index (χ2n) is 9.50. The largest absolute Gasteiger partial charge is 0.705 e. The minimum Gasteiger partial charge on any atom is -0.394 e. The standard InChI is InChI=1S/C11H16N2O10P2.C10H13N5O4/c12-10(16)6-2-1-3-13(4-6)11-9(15)8(14)7(22-11)5-21-25(19,20)23-24(17)18;11-8-5-9(13-2-12-8)15(3-14-5)10-7(18)6(17)4(1-16)19-10/h1,3-4,7-9,11,14-15H,2,5H2,(H3-,12,16,17,18,19,20);2-4,6-7,10,16-18H,1H2,(H2,11,12,13)/p+1/t7-,8+,9-,11-;4-,6+,7-,10-/m11/s1. The minimum atomic E-state index is -4.83. The average Bonchev–Trinajstić information content (AvgIpc) is 3.62. The number of ether oxygens (including phenoxy) is 2. The summed E-state index contributed by atoms with van der Waals surface area (Å²) in [7, 11) is -8.20. The molecule has 2 aromatic heterocycles. The van der Waals surface area contributed by atoms with Crippen molar-refractivity contribution in [3.8, 4) is 0 Å². The van der Waals surface area contributed by atoms with Crippen LogP contribution in [0.1, 0.15) is 12.6 Å². The Morgan fingerprint density at radius 2 is 1.75 bits per heavy atom. The molecule has 3 aliphatic rings. The molecule has 0 saturated carbocycles. The van der Waals surface area contributed by atoms with E-state index in [4.69, 9.17) is 30.9 Å². The van der Waals surface area contributed by atoms with Crippen molar-refractivity contribution in [2.75, 3.05) is 18.9 Å². The molecule has 10 atom stereocenters. The van der Waals surface area contributed by atoms with Crippen molar-refractivity contribution >= 4 is 39.0 Å². The van der Waals surface area contributed by atoms with E-state index < -0.39 is 84.3 Å². The number of nitrogens with two attached hydrogens (primary N) is 2. The predicted molar refractivity (Wildman–Crippen MR) is 143 cm³/mol. The molecule has 0 radical (unpaired) electrons. The maximum atomic E-state index is 11.4. The molecular formula is C21H30N7O14P2+. The van der Waals surface area contributed by atoms with Gasteiger partial charge in [0.15, 0.2) is 23.9 Å². The van der Waals surface area contributed by atoms with Crippen LogP contribution >= 0.6 is 16.1 Å². The van der Waals surface area contributed by atoms with E-state index in [-0.39, 0.29) is 11.4 Å². The number of amides is 1. The number of phosphoric ester groups is 1. The van der Waals surface area contributed by atoms with Gasteiger partial charge in [-0.15, -0.1) is 4.89 Å². The first-order chi connectivity index (χ1) is 20.7. The molecule has 5 rings (SSSR count). The van der Waals surface area contributed by atoms with Gasteiger partial charge in [0.2, 0.25) is 5.91 Å². The van der Waals surface area contributed by atoms with Gasteiger partial charge >= 0.3 is 16.1 Å². The molecule has 0 spiro atoms. The van der Waals surface area contributed by atoms with Crippen LogP contribution in [-0.4, -0.2) is 122 Å². The lowest BCUT2D eigenvalue weighted by Gasteiger charge is -2.28. The van der Waals surface area contributed by atoms with Crippen LogP contribution in [0.3, 0.4) is 0 Å². The molecule has 23 heteroatoms. The lowest BCUT2D eigenvalue weighted by atomic mass is 10.1. The molecule has 11 N–H and O–H groups in total. The fraction of sp³-hybridized carbons (Fsp3) is 0.524. The lowest BCUT2D eigenvalue weighted by Crippen LogP contribution is -2.40. The maximum absolute atomic E-state index is 11.4. The van der Waals surface area contributed by atoms with Gasteiger partial charge in [-0.1, -0.05) is 6.08 Å². The first kappa shape index (κ1) is 33.9. The normalized spacial score (nSPS) is 31.8. The number of anilines is 1. The maximum Gasteiger partial charge on any atom is 0.705 e. The van der Waals surface area contributed by atoms with Crippen molar-refractivity contribution in [2.24, 2.45) is 5.73 Å². The summed E-state index contributed by atoms with van der Waals surface area (Å²) in [6.07, 6.45) is -1.94. The number of nitrogens with zero attached hydrogens (tertiary/aromatic N) is 5. The number of aliphatic hydroxyl groups excluding tert-OH is 5. The Bertz CT molecular complexity index is 1480. The Morgan fingerprint density at radius 1 is 1.09 bits per heavy atom. The van der Waals surface area contributed by atoms with E-state index in [9.17, 15) is 39.2 Å². The van der Waals surface area contributed by atoms with Gasteiger partial charge < -0.3 is 51.4 Å². The van der Waals surface area contributed by atoms with E-state index in [1.165, 1.54) is 34.5 Å². The Hall–Kier alpha value is -3.01. The number of primary amides is 1. The second kappa shape index (κ2) is 14.0. The van der Waals surface area contributed by atoms with Crippen LogP contribution in [0.25, 0.3) is 11.2 Å². The van der Waals surface area contributed by atoms with Crippen molar-refractivity contribution in [1.82, 2.24) is 24.4 Å². The monoisotopic (exact) mass is 666 g/mol. The topological polar surface area (TPSA) is 329 Å². The molecule has 3 aliphatic heterocycles. The van der Waals surface area contributed by atoms with Gasteiger partial charge in [0.1, 0.15) is 48.5 Å². The summed E-state index contributed by atoms with van der Waals surface area (Å²) in [5.74, 6) is -0.436. The molecule has 0 aromatic carbocycles. The van der Waals surface area contributed by atoms with Crippen LogP contribution in [-0.2, 0) is 32.2 Å².